The third kappa shape index (κ3) is 5.67. The molecule has 0 bridgehead atoms. The van der Waals surface area contributed by atoms with Gasteiger partial charge in [-0.2, -0.15) is 13.2 Å². The second-order valence-corrected chi connectivity index (χ2v) is 5.78. The Bertz CT molecular complexity index is 313. The van der Waals surface area contributed by atoms with Gasteiger partial charge in [-0.3, -0.25) is 0 Å². The van der Waals surface area contributed by atoms with Crippen molar-refractivity contribution >= 4 is 6.09 Å². The minimum Gasteiger partial charge on any atom is -0.444 e. The number of ether oxygens (including phenoxy) is 1. The van der Waals surface area contributed by atoms with Crippen LogP contribution in [0.3, 0.4) is 0 Å². The van der Waals surface area contributed by atoms with Crippen molar-refractivity contribution in [2.75, 3.05) is 19.6 Å². The summed E-state index contributed by atoms with van der Waals surface area (Å²) in [5.74, 6) is -2.02. The molecule has 0 radical (unpaired) electrons. The quantitative estimate of drug-likeness (QED) is 0.817. The molecule has 0 spiro atoms. The lowest BCUT2D eigenvalue weighted by atomic mass is 9.86. The molecule has 1 fully saturated rings. The second kappa shape index (κ2) is 5.98. The van der Waals surface area contributed by atoms with Crippen LogP contribution in [0.4, 0.5) is 18.0 Å². The van der Waals surface area contributed by atoms with Gasteiger partial charge in [-0.05, 0) is 33.7 Å². The molecule has 1 aliphatic heterocycles. The molecule has 0 aromatic rings. The average Bonchev–Trinajstić information content (AvgIpc) is 2.23. The van der Waals surface area contributed by atoms with Gasteiger partial charge >= 0.3 is 12.3 Å². The number of amides is 1. The minimum atomic E-state index is -4.22. The number of hydrogen-bond donors (Lipinski definition) is 2. The molecule has 1 aliphatic rings. The van der Waals surface area contributed by atoms with Crippen molar-refractivity contribution < 1.29 is 22.7 Å². The highest BCUT2D eigenvalue weighted by molar-refractivity contribution is 5.67. The molecule has 2 atom stereocenters. The summed E-state index contributed by atoms with van der Waals surface area (Å²) < 4.78 is 43.4. The predicted octanol–water partition coefficient (Wildman–Crippen LogP) is 2.30. The van der Waals surface area contributed by atoms with Gasteiger partial charge in [0.05, 0.1) is 5.92 Å². The van der Waals surface area contributed by atoms with Gasteiger partial charge in [0.2, 0.25) is 0 Å². The molecule has 1 heterocycles. The van der Waals surface area contributed by atoms with Gasteiger partial charge in [0.1, 0.15) is 5.60 Å². The van der Waals surface area contributed by atoms with Crippen molar-refractivity contribution in [3.8, 4) is 0 Å². The topological polar surface area (TPSA) is 50.4 Å². The standard InChI is InChI=1S/C12H21F3N2O2/c1-11(2,3)19-10(18)17-7-8-6-16-5-4-9(8)12(13,14)15/h8-9,16H,4-7H2,1-3H3,(H,17,18)/t8-,9-/m0/s1. The molecule has 1 saturated heterocycles. The Labute approximate surface area is 111 Å². The number of nitrogens with one attached hydrogen (secondary N) is 2. The van der Waals surface area contributed by atoms with Crippen molar-refractivity contribution in [2.45, 2.75) is 39.0 Å². The molecule has 0 aromatic carbocycles. The van der Waals surface area contributed by atoms with Crippen LogP contribution in [-0.2, 0) is 4.74 Å². The van der Waals surface area contributed by atoms with Crippen LogP contribution in [0, 0.1) is 11.8 Å². The van der Waals surface area contributed by atoms with Crippen molar-refractivity contribution in [1.82, 2.24) is 10.6 Å². The van der Waals surface area contributed by atoms with Gasteiger partial charge in [-0.15, -0.1) is 0 Å². The Kier molecular flexibility index (Phi) is 5.06. The van der Waals surface area contributed by atoms with Gasteiger partial charge in [0, 0.05) is 19.0 Å². The van der Waals surface area contributed by atoms with E-state index in [9.17, 15) is 18.0 Å². The van der Waals surface area contributed by atoms with Crippen LogP contribution in [0.25, 0.3) is 0 Å². The molecule has 112 valence electrons. The van der Waals surface area contributed by atoms with Crippen LogP contribution in [0.2, 0.25) is 0 Å². The summed E-state index contributed by atoms with van der Waals surface area (Å²) in [4.78, 5) is 11.4. The number of alkyl carbamates (subject to hydrolysis) is 1. The van der Waals surface area contributed by atoms with Crippen LogP contribution >= 0.6 is 0 Å². The van der Waals surface area contributed by atoms with Crippen LogP contribution in [0.15, 0.2) is 0 Å². The fourth-order valence-corrected chi connectivity index (χ4v) is 2.10. The maximum Gasteiger partial charge on any atom is 0.407 e. The van der Waals surface area contributed by atoms with E-state index < -0.39 is 29.7 Å². The fourth-order valence-electron chi connectivity index (χ4n) is 2.10. The van der Waals surface area contributed by atoms with E-state index in [4.69, 9.17) is 4.74 Å². The lowest BCUT2D eigenvalue weighted by Gasteiger charge is -2.33. The number of rotatable bonds is 2. The number of alkyl halides is 3. The van der Waals surface area contributed by atoms with Crippen molar-refractivity contribution in [2.24, 2.45) is 11.8 Å². The average molecular weight is 282 g/mol. The molecular weight excluding hydrogens is 261 g/mol. The van der Waals surface area contributed by atoms with Crippen LogP contribution < -0.4 is 10.6 Å². The third-order valence-electron chi connectivity index (χ3n) is 2.94. The van der Waals surface area contributed by atoms with Gasteiger partial charge in [-0.1, -0.05) is 0 Å². The van der Waals surface area contributed by atoms with Crippen LogP contribution in [0.1, 0.15) is 27.2 Å². The molecule has 0 aliphatic carbocycles. The molecule has 1 rings (SSSR count). The highest BCUT2D eigenvalue weighted by Gasteiger charge is 2.45. The molecular formula is C12H21F3N2O2. The zero-order valence-corrected chi connectivity index (χ0v) is 11.4. The second-order valence-electron chi connectivity index (χ2n) is 5.78. The van der Waals surface area contributed by atoms with Crippen molar-refractivity contribution in [3.05, 3.63) is 0 Å². The Morgan fingerprint density at radius 2 is 2.00 bits per heavy atom. The summed E-state index contributed by atoms with van der Waals surface area (Å²) in [5.41, 5.74) is -0.654. The van der Waals surface area contributed by atoms with Gasteiger partial charge in [-0.25, -0.2) is 4.79 Å². The zero-order chi connectivity index (χ0) is 14.7. The van der Waals surface area contributed by atoms with Gasteiger partial charge < -0.3 is 15.4 Å². The number of carbonyl (C=O) groups excluding carboxylic acids is 1. The Morgan fingerprint density at radius 1 is 1.37 bits per heavy atom. The molecule has 2 N–H and O–H groups in total. The summed E-state index contributed by atoms with van der Waals surface area (Å²) in [7, 11) is 0. The number of piperidine rings is 1. The van der Waals surface area contributed by atoms with E-state index >= 15 is 0 Å². The summed E-state index contributed by atoms with van der Waals surface area (Å²) in [6, 6.07) is 0. The van der Waals surface area contributed by atoms with Crippen molar-refractivity contribution in [3.63, 3.8) is 0 Å². The summed E-state index contributed by atoms with van der Waals surface area (Å²) in [6.45, 7) is 5.67. The Morgan fingerprint density at radius 3 is 2.53 bits per heavy atom. The van der Waals surface area contributed by atoms with Gasteiger partial charge in [0.25, 0.3) is 0 Å². The molecule has 0 unspecified atom stereocenters. The first-order valence-corrected chi connectivity index (χ1v) is 6.34. The van der Waals surface area contributed by atoms with E-state index in [1.165, 1.54) is 0 Å². The molecule has 7 heteroatoms. The molecule has 4 nitrogen and oxygen atoms in total. The van der Waals surface area contributed by atoms with E-state index in [-0.39, 0.29) is 19.5 Å². The lowest BCUT2D eigenvalue weighted by molar-refractivity contribution is -0.193. The fraction of sp³-hybridized carbons (Fsp3) is 0.917. The first-order chi connectivity index (χ1) is 8.59. The maximum atomic E-state index is 12.8. The third-order valence-corrected chi connectivity index (χ3v) is 2.94. The monoisotopic (exact) mass is 282 g/mol. The minimum absolute atomic E-state index is 0.0356. The number of hydrogen-bond acceptors (Lipinski definition) is 3. The first kappa shape index (κ1) is 16.1. The molecule has 0 aromatic heterocycles. The number of halogens is 3. The zero-order valence-electron chi connectivity index (χ0n) is 11.4. The lowest BCUT2D eigenvalue weighted by Crippen LogP contribution is -2.48. The Hall–Kier alpha value is -0.980. The molecule has 19 heavy (non-hydrogen) atoms. The SMILES string of the molecule is CC(C)(C)OC(=O)NC[C@@H]1CNCC[C@@H]1C(F)(F)F. The smallest absolute Gasteiger partial charge is 0.407 e. The largest absolute Gasteiger partial charge is 0.444 e. The van der Waals surface area contributed by atoms with Crippen LogP contribution in [0.5, 0.6) is 0 Å². The number of carbonyl (C=O) groups is 1. The first-order valence-electron chi connectivity index (χ1n) is 6.34. The maximum absolute atomic E-state index is 12.8. The summed E-state index contributed by atoms with van der Waals surface area (Å²) in [6.07, 6.45) is -4.86. The molecule has 1 amide bonds. The predicted molar refractivity (Wildman–Crippen MR) is 64.8 cm³/mol. The van der Waals surface area contributed by atoms with E-state index in [1.807, 2.05) is 0 Å². The molecule has 0 saturated carbocycles. The van der Waals surface area contributed by atoms with E-state index in [2.05, 4.69) is 10.6 Å². The van der Waals surface area contributed by atoms with E-state index in [1.54, 1.807) is 20.8 Å². The summed E-state index contributed by atoms with van der Waals surface area (Å²) >= 11 is 0. The van der Waals surface area contributed by atoms with Crippen molar-refractivity contribution in [1.29, 1.82) is 0 Å². The van der Waals surface area contributed by atoms with E-state index in [0.717, 1.165) is 0 Å². The summed E-state index contributed by atoms with van der Waals surface area (Å²) in [5, 5.41) is 5.33. The van der Waals surface area contributed by atoms with Crippen LogP contribution in [-0.4, -0.2) is 37.5 Å². The van der Waals surface area contributed by atoms with E-state index in [0.29, 0.717) is 6.54 Å². The Balaban J connectivity index is 2.48. The normalized spacial score (nSPS) is 24.9. The highest BCUT2D eigenvalue weighted by atomic mass is 19.4. The van der Waals surface area contributed by atoms with Gasteiger partial charge in [0.15, 0.2) is 0 Å². The highest BCUT2D eigenvalue weighted by Crippen LogP contribution is 2.35.